The van der Waals surface area contributed by atoms with Crippen molar-refractivity contribution in [1.29, 1.82) is 0 Å². The van der Waals surface area contributed by atoms with Gasteiger partial charge in [0.25, 0.3) is 0 Å². The lowest BCUT2D eigenvalue weighted by Gasteiger charge is -2.37. The zero-order valence-electron chi connectivity index (χ0n) is 12.1. The number of hydrogen-bond acceptors (Lipinski definition) is 3. The maximum Gasteiger partial charge on any atom is 0.0705 e. The highest BCUT2D eigenvalue weighted by Crippen LogP contribution is 2.23. The van der Waals surface area contributed by atoms with Crippen molar-refractivity contribution < 1.29 is 0 Å². The van der Waals surface area contributed by atoms with Gasteiger partial charge in [0.1, 0.15) is 0 Å². The van der Waals surface area contributed by atoms with Gasteiger partial charge in [-0.25, -0.2) is 0 Å². The second kappa shape index (κ2) is 5.90. The first-order valence-corrected chi connectivity index (χ1v) is 7.55. The third kappa shape index (κ3) is 2.84. The second-order valence-electron chi connectivity index (χ2n) is 5.98. The summed E-state index contributed by atoms with van der Waals surface area (Å²) >= 11 is 0. The molecule has 2 aromatic rings. The minimum atomic E-state index is 0.507. The fraction of sp³-hybridized carbons (Fsp3) is 0.471. The van der Waals surface area contributed by atoms with Crippen LogP contribution in [0.4, 0.5) is 0 Å². The van der Waals surface area contributed by atoms with Gasteiger partial charge >= 0.3 is 0 Å². The summed E-state index contributed by atoms with van der Waals surface area (Å²) < 4.78 is 0. The minimum absolute atomic E-state index is 0.507. The molecule has 3 rings (SSSR count). The van der Waals surface area contributed by atoms with E-state index in [9.17, 15) is 0 Å². The average molecular weight is 269 g/mol. The summed E-state index contributed by atoms with van der Waals surface area (Å²) in [6, 6.07) is 13.1. The quantitative estimate of drug-likeness (QED) is 0.931. The minimum Gasteiger partial charge on any atom is -0.329 e. The number of para-hydroxylation sites is 1. The van der Waals surface area contributed by atoms with E-state index in [2.05, 4.69) is 42.2 Å². The zero-order valence-corrected chi connectivity index (χ0v) is 12.1. The Balaban J connectivity index is 1.78. The van der Waals surface area contributed by atoms with E-state index in [0.29, 0.717) is 6.04 Å². The van der Waals surface area contributed by atoms with Gasteiger partial charge in [-0.3, -0.25) is 9.88 Å². The molecule has 2 heterocycles. The van der Waals surface area contributed by atoms with E-state index in [0.717, 1.165) is 36.8 Å². The summed E-state index contributed by atoms with van der Waals surface area (Å²) in [4.78, 5) is 7.27. The molecule has 0 amide bonds. The molecule has 1 aliphatic rings. The number of pyridine rings is 1. The Morgan fingerprint density at radius 2 is 2.10 bits per heavy atom. The molecule has 0 bridgehead atoms. The number of nitrogens with two attached hydrogens (primary N) is 1. The first-order valence-electron chi connectivity index (χ1n) is 7.55. The third-order valence-electron chi connectivity index (χ3n) is 4.39. The number of piperidine rings is 1. The van der Waals surface area contributed by atoms with Crippen LogP contribution in [0.5, 0.6) is 0 Å². The highest BCUT2D eigenvalue weighted by Gasteiger charge is 2.25. The van der Waals surface area contributed by atoms with Crippen molar-refractivity contribution in [2.24, 2.45) is 11.7 Å². The van der Waals surface area contributed by atoms with Gasteiger partial charge in [-0.15, -0.1) is 0 Å². The van der Waals surface area contributed by atoms with Crippen molar-refractivity contribution >= 4 is 10.9 Å². The standard InChI is InChI=1S/C17H23N3/c1-13-8-9-20(16(10-13)11-18)12-15-7-6-14-4-2-3-5-17(14)19-15/h2-7,13,16H,8-12,18H2,1H3. The molecule has 0 saturated carbocycles. The summed E-state index contributed by atoms with van der Waals surface area (Å²) in [6.07, 6.45) is 2.48. The van der Waals surface area contributed by atoms with Crippen LogP contribution in [-0.4, -0.2) is 29.0 Å². The first kappa shape index (κ1) is 13.5. The number of benzene rings is 1. The molecular weight excluding hydrogens is 246 g/mol. The largest absolute Gasteiger partial charge is 0.329 e. The van der Waals surface area contributed by atoms with Gasteiger partial charge in [-0.05, 0) is 37.4 Å². The number of likely N-dealkylation sites (tertiary alicyclic amines) is 1. The van der Waals surface area contributed by atoms with Gasteiger partial charge < -0.3 is 5.73 Å². The predicted molar refractivity (Wildman–Crippen MR) is 83.4 cm³/mol. The molecule has 2 N–H and O–H groups in total. The van der Waals surface area contributed by atoms with Crippen LogP contribution in [0.25, 0.3) is 10.9 Å². The molecule has 3 heteroatoms. The summed E-state index contributed by atoms with van der Waals surface area (Å²) in [7, 11) is 0. The van der Waals surface area contributed by atoms with E-state index in [1.165, 1.54) is 18.2 Å². The lowest BCUT2D eigenvalue weighted by molar-refractivity contribution is 0.114. The van der Waals surface area contributed by atoms with Gasteiger partial charge in [0.05, 0.1) is 11.2 Å². The third-order valence-corrected chi connectivity index (χ3v) is 4.39. The van der Waals surface area contributed by atoms with Crippen molar-refractivity contribution in [3.63, 3.8) is 0 Å². The molecule has 0 radical (unpaired) electrons. The fourth-order valence-corrected chi connectivity index (χ4v) is 3.16. The Kier molecular flexibility index (Phi) is 3.99. The van der Waals surface area contributed by atoms with Crippen LogP contribution in [-0.2, 0) is 6.54 Å². The number of fused-ring (bicyclic) bond motifs is 1. The molecule has 106 valence electrons. The maximum absolute atomic E-state index is 5.94. The molecule has 0 aliphatic carbocycles. The van der Waals surface area contributed by atoms with Gasteiger partial charge in [0.2, 0.25) is 0 Å². The average Bonchev–Trinajstić information content (AvgIpc) is 2.49. The molecule has 1 aromatic carbocycles. The molecule has 1 aliphatic heterocycles. The number of hydrogen-bond donors (Lipinski definition) is 1. The van der Waals surface area contributed by atoms with Crippen LogP contribution >= 0.6 is 0 Å². The van der Waals surface area contributed by atoms with Gasteiger partial charge in [0, 0.05) is 24.5 Å². The van der Waals surface area contributed by atoms with E-state index in [-0.39, 0.29) is 0 Å². The normalized spacial score (nSPS) is 24.1. The van der Waals surface area contributed by atoms with Crippen LogP contribution < -0.4 is 5.73 Å². The van der Waals surface area contributed by atoms with Crippen molar-refractivity contribution in [3.8, 4) is 0 Å². The molecule has 0 spiro atoms. The van der Waals surface area contributed by atoms with Crippen molar-refractivity contribution in [1.82, 2.24) is 9.88 Å². The lowest BCUT2D eigenvalue weighted by Crippen LogP contribution is -2.45. The van der Waals surface area contributed by atoms with Crippen molar-refractivity contribution in [2.45, 2.75) is 32.4 Å². The Morgan fingerprint density at radius 1 is 1.25 bits per heavy atom. The topological polar surface area (TPSA) is 42.2 Å². The van der Waals surface area contributed by atoms with Gasteiger partial charge in [0.15, 0.2) is 0 Å². The van der Waals surface area contributed by atoms with Crippen molar-refractivity contribution in [3.05, 3.63) is 42.1 Å². The molecule has 1 fully saturated rings. The molecule has 20 heavy (non-hydrogen) atoms. The Bertz CT molecular complexity index is 581. The summed E-state index contributed by atoms with van der Waals surface area (Å²) in [6.45, 7) is 5.13. The Morgan fingerprint density at radius 3 is 2.95 bits per heavy atom. The smallest absolute Gasteiger partial charge is 0.0705 e. The van der Waals surface area contributed by atoms with Crippen LogP contribution in [0.15, 0.2) is 36.4 Å². The van der Waals surface area contributed by atoms with E-state index in [4.69, 9.17) is 10.7 Å². The molecule has 2 atom stereocenters. The summed E-state index contributed by atoms with van der Waals surface area (Å²) in [5, 5.41) is 1.21. The van der Waals surface area contributed by atoms with Crippen LogP contribution in [0.1, 0.15) is 25.5 Å². The Hall–Kier alpha value is -1.45. The van der Waals surface area contributed by atoms with E-state index >= 15 is 0 Å². The molecule has 1 saturated heterocycles. The highest BCUT2D eigenvalue weighted by atomic mass is 15.2. The SMILES string of the molecule is CC1CCN(Cc2ccc3ccccc3n2)C(CN)C1. The van der Waals surface area contributed by atoms with Crippen LogP contribution in [0.2, 0.25) is 0 Å². The second-order valence-corrected chi connectivity index (χ2v) is 5.98. The van der Waals surface area contributed by atoms with E-state index < -0.39 is 0 Å². The van der Waals surface area contributed by atoms with Crippen molar-refractivity contribution in [2.75, 3.05) is 13.1 Å². The summed E-state index contributed by atoms with van der Waals surface area (Å²) in [5.74, 6) is 0.796. The van der Waals surface area contributed by atoms with Gasteiger partial charge in [-0.2, -0.15) is 0 Å². The molecule has 1 aromatic heterocycles. The molecule has 3 nitrogen and oxygen atoms in total. The highest BCUT2D eigenvalue weighted by molar-refractivity contribution is 5.78. The number of nitrogens with zero attached hydrogens (tertiary/aromatic N) is 2. The predicted octanol–water partition coefficient (Wildman–Crippen LogP) is 2.79. The zero-order chi connectivity index (χ0) is 13.9. The molecular formula is C17H23N3. The Labute approximate surface area is 120 Å². The van der Waals surface area contributed by atoms with Crippen LogP contribution in [0, 0.1) is 5.92 Å². The maximum atomic E-state index is 5.94. The first-order chi connectivity index (χ1) is 9.76. The van der Waals surface area contributed by atoms with Crippen LogP contribution in [0.3, 0.4) is 0 Å². The molecule has 2 unspecified atom stereocenters. The number of rotatable bonds is 3. The lowest BCUT2D eigenvalue weighted by atomic mass is 9.92. The van der Waals surface area contributed by atoms with E-state index in [1.54, 1.807) is 0 Å². The van der Waals surface area contributed by atoms with E-state index in [1.807, 2.05) is 6.07 Å². The number of aromatic nitrogens is 1. The van der Waals surface area contributed by atoms with Gasteiger partial charge in [-0.1, -0.05) is 31.2 Å². The fourth-order valence-electron chi connectivity index (χ4n) is 3.16. The summed E-state index contributed by atoms with van der Waals surface area (Å²) in [5.41, 5.74) is 8.17. The monoisotopic (exact) mass is 269 g/mol.